The Balaban J connectivity index is 3.20. The van der Waals surface area contributed by atoms with E-state index in [1.165, 1.54) is 0 Å². The molecule has 0 bridgehead atoms. The Kier molecular flexibility index (Phi) is 18.3. The fourth-order valence-electron chi connectivity index (χ4n) is 6.61. The average molecular weight is 655 g/mol. The van der Waals surface area contributed by atoms with Crippen molar-refractivity contribution in [1.82, 2.24) is 30.7 Å². The Hall–Kier alpha value is -2.28. The molecule has 1 fully saturated rings. The molecule has 0 aromatic carbocycles. The molecular formula is C34H66N6O6. The Labute approximate surface area is 279 Å². The first-order chi connectivity index (χ1) is 21.6. The van der Waals surface area contributed by atoms with E-state index in [4.69, 9.17) is 9.47 Å². The van der Waals surface area contributed by atoms with Crippen molar-refractivity contribution in [2.45, 2.75) is 111 Å². The summed E-state index contributed by atoms with van der Waals surface area (Å²) in [5.41, 5.74) is 0. The monoisotopic (exact) mass is 655 g/mol. The molecule has 3 N–H and O–H groups in total. The highest BCUT2D eigenvalue weighted by atomic mass is 16.5. The van der Waals surface area contributed by atoms with Crippen molar-refractivity contribution >= 4 is 23.6 Å². The number of methoxy groups -OCH3 is 2. The third-order valence-electron chi connectivity index (χ3n) is 9.61. The summed E-state index contributed by atoms with van der Waals surface area (Å²) in [4.78, 5) is 59.6. The van der Waals surface area contributed by atoms with E-state index in [0.717, 1.165) is 25.8 Å². The second-order valence-electron chi connectivity index (χ2n) is 13.9. The molecule has 268 valence electrons. The van der Waals surface area contributed by atoms with Crippen LogP contribution in [0.2, 0.25) is 0 Å². The van der Waals surface area contributed by atoms with E-state index in [-0.39, 0.29) is 53.8 Å². The highest BCUT2D eigenvalue weighted by molar-refractivity contribution is 5.90. The Morgan fingerprint density at radius 3 is 2.00 bits per heavy atom. The number of nitrogens with one attached hydrogen (secondary N) is 3. The molecule has 8 atom stereocenters. The average Bonchev–Trinajstić information content (AvgIpc) is 3.48. The molecule has 46 heavy (non-hydrogen) atoms. The zero-order valence-corrected chi connectivity index (χ0v) is 31.0. The van der Waals surface area contributed by atoms with Crippen LogP contribution in [-0.2, 0) is 28.7 Å². The molecule has 12 nitrogen and oxygen atoms in total. The maximum Gasteiger partial charge on any atom is 0.245 e. The molecule has 1 aliphatic rings. The van der Waals surface area contributed by atoms with Gasteiger partial charge in [-0.05, 0) is 51.7 Å². The fourth-order valence-corrected chi connectivity index (χ4v) is 6.61. The third-order valence-corrected chi connectivity index (χ3v) is 9.61. The van der Waals surface area contributed by atoms with Crippen LogP contribution < -0.4 is 16.0 Å². The minimum absolute atomic E-state index is 0.0166. The minimum atomic E-state index is -0.734. The van der Waals surface area contributed by atoms with Crippen molar-refractivity contribution in [2.75, 3.05) is 62.0 Å². The molecule has 1 saturated heterocycles. The van der Waals surface area contributed by atoms with Gasteiger partial charge in [0, 0.05) is 40.9 Å². The molecule has 0 spiro atoms. The number of amides is 4. The van der Waals surface area contributed by atoms with Gasteiger partial charge in [0.2, 0.25) is 23.6 Å². The Morgan fingerprint density at radius 1 is 0.913 bits per heavy atom. The summed E-state index contributed by atoms with van der Waals surface area (Å²) in [6.45, 7) is 15.5. The topological polar surface area (TPSA) is 133 Å². The van der Waals surface area contributed by atoms with Gasteiger partial charge in [0.15, 0.2) is 0 Å². The van der Waals surface area contributed by atoms with Gasteiger partial charge in [0.25, 0.3) is 0 Å². The van der Waals surface area contributed by atoms with Gasteiger partial charge in [0.1, 0.15) is 6.04 Å². The van der Waals surface area contributed by atoms with Crippen LogP contribution in [0, 0.1) is 23.7 Å². The van der Waals surface area contributed by atoms with Gasteiger partial charge in [0.05, 0.1) is 42.7 Å². The number of ether oxygens (including phenoxy) is 2. The first-order valence-electron chi connectivity index (χ1n) is 17.1. The van der Waals surface area contributed by atoms with Gasteiger partial charge >= 0.3 is 0 Å². The van der Waals surface area contributed by atoms with Crippen LogP contribution in [0.5, 0.6) is 0 Å². The maximum atomic E-state index is 14.0. The van der Waals surface area contributed by atoms with Gasteiger partial charge in [-0.2, -0.15) is 0 Å². The molecule has 1 rings (SSSR count). The van der Waals surface area contributed by atoms with Crippen LogP contribution in [0.15, 0.2) is 0 Å². The third kappa shape index (κ3) is 11.5. The number of carbonyl (C=O) groups is 4. The predicted octanol–water partition coefficient (Wildman–Crippen LogP) is 1.97. The number of carbonyl (C=O) groups excluding carboxylic acids is 4. The molecular weight excluding hydrogens is 588 g/mol. The lowest BCUT2D eigenvalue weighted by atomic mass is 9.89. The molecule has 1 unspecified atom stereocenters. The lowest BCUT2D eigenvalue weighted by molar-refractivity contribution is -0.147. The van der Waals surface area contributed by atoms with E-state index in [0.29, 0.717) is 13.1 Å². The van der Waals surface area contributed by atoms with Gasteiger partial charge in [-0.3, -0.25) is 19.2 Å². The highest BCUT2D eigenvalue weighted by Crippen LogP contribution is 2.29. The van der Waals surface area contributed by atoms with Crippen molar-refractivity contribution in [3.8, 4) is 0 Å². The number of likely N-dealkylation sites (tertiary alicyclic amines) is 1. The Bertz CT molecular complexity index is 962. The van der Waals surface area contributed by atoms with Crippen molar-refractivity contribution in [3.05, 3.63) is 0 Å². The van der Waals surface area contributed by atoms with E-state index >= 15 is 0 Å². The summed E-state index contributed by atoms with van der Waals surface area (Å²) >= 11 is 0. The van der Waals surface area contributed by atoms with E-state index < -0.39 is 36.3 Å². The molecule has 0 aliphatic carbocycles. The molecule has 1 aliphatic heterocycles. The second kappa shape index (κ2) is 20.2. The highest BCUT2D eigenvalue weighted by Gasteiger charge is 2.43. The molecule has 4 amide bonds. The zero-order valence-electron chi connectivity index (χ0n) is 31.0. The van der Waals surface area contributed by atoms with Gasteiger partial charge < -0.3 is 40.1 Å². The molecule has 0 saturated carbocycles. The largest absolute Gasteiger partial charge is 0.379 e. The maximum absolute atomic E-state index is 14.0. The van der Waals surface area contributed by atoms with Gasteiger partial charge in [-0.25, -0.2) is 0 Å². The van der Waals surface area contributed by atoms with Crippen molar-refractivity contribution in [3.63, 3.8) is 0 Å². The van der Waals surface area contributed by atoms with Crippen LogP contribution >= 0.6 is 0 Å². The summed E-state index contributed by atoms with van der Waals surface area (Å²) in [7, 11) is 10.6. The minimum Gasteiger partial charge on any atom is -0.379 e. The van der Waals surface area contributed by atoms with Crippen LogP contribution in [0.4, 0.5) is 0 Å². The SMILES string of the molecule is CC[C@H](C)[C@@H]([C@@H](CC(=O)N1CCC[C@H]1C(OC)[C@@H](C)C(=O)NCCN(C)C)OC)N(C)C(=O)[C@@H](NC(=O)[C@@H](NC)C(C)C)C(C)C. The van der Waals surface area contributed by atoms with Crippen molar-refractivity contribution in [1.29, 1.82) is 0 Å². The van der Waals surface area contributed by atoms with Crippen molar-refractivity contribution < 1.29 is 28.7 Å². The lowest BCUT2D eigenvalue weighted by Gasteiger charge is -2.41. The molecule has 12 heteroatoms. The standard InChI is InChI=1S/C34H66N6O6/c1-14-23(6)30(39(11)34(44)29(22(4)5)37-33(43)28(35-8)21(2)3)26(45-12)20-27(41)40-18-15-16-25(40)31(46-13)24(7)32(42)36-17-19-38(9)10/h21-26,28-31,35H,14-20H2,1-13H3,(H,36,42)(H,37,43)/t23-,24+,25-,26+,28-,29-,30-,31?/m0/s1. The van der Waals surface area contributed by atoms with Crippen LogP contribution in [0.3, 0.4) is 0 Å². The normalized spacial score (nSPS) is 19.8. The van der Waals surface area contributed by atoms with E-state index in [1.54, 1.807) is 33.2 Å². The van der Waals surface area contributed by atoms with E-state index in [1.807, 2.05) is 58.5 Å². The Morgan fingerprint density at radius 2 is 1.52 bits per heavy atom. The number of hydrogen-bond acceptors (Lipinski definition) is 8. The smallest absolute Gasteiger partial charge is 0.245 e. The van der Waals surface area contributed by atoms with Crippen LogP contribution in [0.25, 0.3) is 0 Å². The first kappa shape index (κ1) is 41.7. The quantitative estimate of drug-likeness (QED) is 0.182. The summed E-state index contributed by atoms with van der Waals surface area (Å²) in [5.74, 6) is -1.14. The zero-order chi connectivity index (χ0) is 35.3. The molecule has 1 heterocycles. The van der Waals surface area contributed by atoms with Gasteiger partial charge in [-0.1, -0.05) is 54.9 Å². The van der Waals surface area contributed by atoms with Gasteiger partial charge in [-0.15, -0.1) is 0 Å². The lowest BCUT2D eigenvalue weighted by Crippen LogP contribution is -2.59. The molecule has 0 aromatic rings. The summed E-state index contributed by atoms with van der Waals surface area (Å²) in [6.07, 6.45) is 1.37. The molecule has 0 radical (unpaired) electrons. The number of rotatable bonds is 20. The predicted molar refractivity (Wildman–Crippen MR) is 182 cm³/mol. The molecule has 0 aromatic heterocycles. The van der Waals surface area contributed by atoms with Crippen LogP contribution in [0.1, 0.15) is 74.1 Å². The number of hydrogen-bond donors (Lipinski definition) is 3. The van der Waals surface area contributed by atoms with Crippen molar-refractivity contribution in [2.24, 2.45) is 23.7 Å². The summed E-state index contributed by atoms with van der Waals surface area (Å²) in [6, 6.07) is -1.81. The summed E-state index contributed by atoms with van der Waals surface area (Å²) in [5, 5.41) is 9.02. The van der Waals surface area contributed by atoms with E-state index in [9.17, 15) is 19.2 Å². The van der Waals surface area contributed by atoms with E-state index in [2.05, 4.69) is 29.8 Å². The number of likely N-dealkylation sites (N-methyl/N-ethyl adjacent to an activating group) is 3. The first-order valence-corrected chi connectivity index (χ1v) is 17.1. The second-order valence-corrected chi connectivity index (χ2v) is 13.9. The number of nitrogens with zero attached hydrogens (tertiary/aromatic N) is 3. The summed E-state index contributed by atoms with van der Waals surface area (Å²) < 4.78 is 11.8. The fraction of sp³-hybridized carbons (Fsp3) is 0.882. The van der Waals surface area contributed by atoms with Crippen LogP contribution in [-0.4, -0.2) is 137 Å².